The van der Waals surface area contributed by atoms with Crippen molar-refractivity contribution >= 4 is 44.4 Å². The van der Waals surface area contributed by atoms with E-state index in [4.69, 9.17) is 4.74 Å². The molecule has 130 valence electrons. The largest absolute Gasteiger partial charge is 0.497 e. The fourth-order valence-corrected chi connectivity index (χ4v) is 3.90. The van der Waals surface area contributed by atoms with Crippen LogP contribution < -0.4 is 10.1 Å². The number of hydrogen-bond donors (Lipinski definition) is 1. The zero-order valence-electron chi connectivity index (χ0n) is 13.2. The molecular formula is C17H14F2N2O2S2. The number of rotatable bonds is 6. The summed E-state index contributed by atoms with van der Waals surface area (Å²) in [4.78, 5) is 17.0. The van der Waals surface area contributed by atoms with Gasteiger partial charge in [0.05, 0.1) is 11.8 Å². The number of nitrogens with zero attached hydrogens (tertiary/aromatic N) is 1. The van der Waals surface area contributed by atoms with Crippen molar-refractivity contribution in [1.29, 1.82) is 0 Å². The monoisotopic (exact) mass is 380 g/mol. The van der Waals surface area contributed by atoms with Crippen molar-refractivity contribution in [3.05, 3.63) is 48.0 Å². The Hall–Kier alpha value is -2.19. The van der Waals surface area contributed by atoms with E-state index in [0.29, 0.717) is 10.5 Å². The van der Waals surface area contributed by atoms with Gasteiger partial charge in [-0.05, 0) is 30.3 Å². The van der Waals surface area contributed by atoms with Gasteiger partial charge in [0.2, 0.25) is 5.91 Å². The Balaban J connectivity index is 1.54. The van der Waals surface area contributed by atoms with Crippen LogP contribution in [0.4, 0.5) is 13.9 Å². The van der Waals surface area contributed by atoms with E-state index < -0.39 is 11.6 Å². The van der Waals surface area contributed by atoms with Crippen molar-refractivity contribution in [2.45, 2.75) is 11.3 Å². The molecule has 0 spiro atoms. The lowest BCUT2D eigenvalue weighted by Gasteiger charge is -2.03. The van der Waals surface area contributed by atoms with Crippen LogP contribution in [-0.2, 0) is 4.79 Å². The van der Waals surface area contributed by atoms with E-state index in [-0.39, 0.29) is 23.0 Å². The number of methoxy groups -OCH3 is 1. The number of aromatic nitrogens is 1. The second kappa shape index (κ2) is 7.79. The van der Waals surface area contributed by atoms with Gasteiger partial charge >= 0.3 is 0 Å². The summed E-state index contributed by atoms with van der Waals surface area (Å²) in [6.07, 6.45) is 0.281. The Morgan fingerprint density at radius 2 is 2.04 bits per heavy atom. The fraction of sp³-hybridized carbons (Fsp3) is 0.176. The molecule has 1 aromatic heterocycles. The molecule has 3 aromatic rings. The minimum Gasteiger partial charge on any atom is -0.497 e. The van der Waals surface area contributed by atoms with Gasteiger partial charge in [-0.3, -0.25) is 4.79 Å². The van der Waals surface area contributed by atoms with Crippen LogP contribution in [0.15, 0.2) is 41.3 Å². The molecule has 0 fully saturated rings. The Kier molecular flexibility index (Phi) is 5.50. The molecule has 0 aliphatic rings. The maximum Gasteiger partial charge on any atom is 0.226 e. The van der Waals surface area contributed by atoms with Gasteiger partial charge < -0.3 is 10.1 Å². The van der Waals surface area contributed by atoms with Gasteiger partial charge in [-0.2, -0.15) is 0 Å². The van der Waals surface area contributed by atoms with Gasteiger partial charge in [-0.1, -0.05) is 11.3 Å². The Morgan fingerprint density at radius 1 is 1.28 bits per heavy atom. The molecule has 0 aliphatic heterocycles. The number of ether oxygens (including phenoxy) is 1. The van der Waals surface area contributed by atoms with E-state index in [9.17, 15) is 13.6 Å². The molecule has 0 radical (unpaired) electrons. The standard InChI is InChI=1S/C17H14F2N2O2S2/c1-23-11-2-4-12(5-3-11)24-7-6-15(22)20-17-21-16-13(19)8-10(18)9-14(16)25-17/h2-5,8-9H,6-7H2,1H3,(H,20,21,22). The number of fused-ring (bicyclic) bond motifs is 1. The highest BCUT2D eigenvalue weighted by molar-refractivity contribution is 7.99. The van der Waals surface area contributed by atoms with Crippen molar-refractivity contribution in [2.75, 3.05) is 18.2 Å². The van der Waals surface area contributed by atoms with Crippen molar-refractivity contribution in [1.82, 2.24) is 4.98 Å². The third-order valence-corrected chi connectivity index (χ3v) is 5.25. The molecule has 4 nitrogen and oxygen atoms in total. The van der Waals surface area contributed by atoms with Crippen LogP contribution in [0, 0.1) is 11.6 Å². The number of nitrogens with one attached hydrogen (secondary N) is 1. The van der Waals surface area contributed by atoms with E-state index in [0.717, 1.165) is 28.0 Å². The second-order valence-corrected chi connectivity index (χ2v) is 7.27. The first-order valence-electron chi connectivity index (χ1n) is 7.37. The Labute approximate surface area is 151 Å². The van der Waals surface area contributed by atoms with Crippen LogP contribution in [0.2, 0.25) is 0 Å². The highest BCUT2D eigenvalue weighted by Crippen LogP contribution is 2.29. The summed E-state index contributed by atoms with van der Waals surface area (Å²) in [6, 6.07) is 9.54. The van der Waals surface area contributed by atoms with Crippen molar-refractivity contribution in [2.24, 2.45) is 0 Å². The van der Waals surface area contributed by atoms with Gasteiger partial charge in [-0.25, -0.2) is 13.8 Å². The number of carbonyl (C=O) groups excluding carboxylic acids is 1. The molecule has 0 saturated heterocycles. The SMILES string of the molecule is COc1ccc(SCCC(=O)Nc2nc3c(F)cc(F)cc3s2)cc1. The molecule has 0 saturated carbocycles. The lowest BCUT2D eigenvalue weighted by molar-refractivity contribution is -0.115. The fourth-order valence-electron chi connectivity index (χ4n) is 2.13. The number of anilines is 1. The second-order valence-electron chi connectivity index (χ2n) is 5.08. The number of thioether (sulfide) groups is 1. The lowest BCUT2D eigenvalue weighted by atomic mass is 10.3. The highest BCUT2D eigenvalue weighted by Gasteiger charge is 2.12. The third kappa shape index (κ3) is 4.46. The van der Waals surface area contributed by atoms with Crippen LogP contribution in [0.1, 0.15) is 6.42 Å². The first-order chi connectivity index (χ1) is 12.0. The van der Waals surface area contributed by atoms with Crippen molar-refractivity contribution in [3.63, 3.8) is 0 Å². The van der Waals surface area contributed by atoms with Crippen LogP contribution in [0.3, 0.4) is 0 Å². The zero-order valence-corrected chi connectivity index (χ0v) is 14.8. The topological polar surface area (TPSA) is 51.2 Å². The smallest absolute Gasteiger partial charge is 0.226 e. The van der Waals surface area contributed by atoms with Gasteiger partial charge in [0.15, 0.2) is 10.9 Å². The minimum atomic E-state index is -0.734. The lowest BCUT2D eigenvalue weighted by Crippen LogP contribution is -2.11. The average Bonchev–Trinajstić information content (AvgIpc) is 2.98. The van der Waals surface area contributed by atoms with Gasteiger partial charge in [0.25, 0.3) is 0 Å². The number of amides is 1. The maximum absolute atomic E-state index is 13.6. The Bertz CT molecular complexity index is 898. The van der Waals surface area contributed by atoms with E-state index in [2.05, 4.69) is 10.3 Å². The quantitative estimate of drug-likeness (QED) is 0.630. The van der Waals surface area contributed by atoms with E-state index in [1.807, 2.05) is 24.3 Å². The molecule has 0 bridgehead atoms. The summed E-state index contributed by atoms with van der Waals surface area (Å²) < 4.78 is 32.3. The number of carbonyl (C=O) groups is 1. The predicted molar refractivity (Wildman–Crippen MR) is 96.5 cm³/mol. The molecule has 3 rings (SSSR count). The minimum absolute atomic E-state index is 0.0642. The molecule has 8 heteroatoms. The summed E-state index contributed by atoms with van der Waals surface area (Å²) >= 11 is 2.59. The summed E-state index contributed by atoms with van der Waals surface area (Å²) in [5, 5.41) is 2.89. The summed E-state index contributed by atoms with van der Waals surface area (Å²) in [5.41, 5.74) is 0.0642. The predicted octanol–water partition coefficient (Wildman–Crippen LogP) is 4.70. The molecule has 2 aromatic carbocycles. The van der Waals surface area contributed by atoms with E-state index >= 15 is 0 Å². The van der Waals surface area contributed by atoms with Gasteiger partial charge in [-0.15, -0.1) is 11.8 Å². The van der Waals surface area contributed by atoms with Gasteiger partial charge in [0.1, 0.15) is 17.1 Å². The number of benzene rings is 2. The molecule has 25 heavy (non-hydrogen) atoms. The highest BCUT2D eigenvalue weighted by atomic mass is 32.2. The maximum atomic E-state index is 13.6. The molecule has 0 unspecified atom stereocenters. The Morgan fingerprint density at radius 3 is 2.76 bits per heavy atom. The third-order valence-electron chi connectivity index (χ3n) is 3.32. The number of hydrogen-bond acceptors (Lipinski definition) is 5. The summed E-state index contributed by atoms with van der Waals surface area (Å²) in [5.74, 6) is -0.252. The van der Waals surface area contributed by atoms with Crippen molar-refractivity contribution < 1.29 is 18.3 Å². The first kappa shape index (κ1) is 17.6. The molecule has 1 N–H and O–H groups in total. The van der Waals surface area contributed by atoms with E-state index in [1.165, 1.54) is 6.07 Å². The van der Waals surface area contributed by atoms with Crippen LogP contribution >= 0.6 is 23.1 Å². The molecule has 0 atom stereocenters. The van der Waals surface area contributed by atoms with Crippen LogP contribution in [0.25, 0.3) is 10.2 Å². The summed E-state index contributed by atoms with van der Waals surface area (Å²) in [6.45, 7) is 0. The van der Waals surface area contributed by atoms with Crippen LogP contribution in [0.5, 0.6) is 5.75 Å². The number of thiazole rings is 1. The van der Waals surface area contributed by atoms with E-state index in [1.54, 1.807) is 18.9 Å². The molecular weight excluding hydrogens is 366 g/mol. The molecule has 0 aliphatic carbocycles. The van der Waals surface area contributed by atoms with Gasteiger partial charge in [0, 0.05) is 23.1 Å². The first-order valence-corrected chi connectivity index (χ1v) is 9.17. The normalized spacial score (nSPS) is 10.8. The molecule has 1 amide bonds. The van der Waals surface area contributed by atoms with Crippen molar-refractivity contribution in [3.8, 4) is 5.75 Å². The summed E-state index contributed by atoms with van der Waals surface area (Å²) in [7, 11) is 1.61. The zero-order chi connectivity index (χ0) is 17.8. The van der Waals surface area contributed by atoms with Crippen LogP contribution in [-0.4, -0.2) is 23.8 Å². The number of halogens is 2. The average molecular weight is 380 g/mol. The molecule has 1 heterocycles.